The zero-order valence-electron chi connectivity index (χ0n) is 42.5. The van der Waals surface area contributed by atoms with Crippen LogP contribution in [0.3, 0.4) is 0 Å². The summed E-state index contributed by atoms with van der Waals surface area (Å²) in [7, 11) is 0. The highest BCUT2D eigenvalue weighted by Gasteiger charge is 2.21. The monoisotopic (exact) mass is 1010 g/mol. The summed E-state index contributed by atoms with van der Waals surface area (Å²) >= 11 is 0. The first-order valence-electron chi connectivity index (χ1n) is 26.3. The van der Waals surface area contributed by atoms with Gasteiger partial charge in [-0.15, -0.1) is 0 Å². The molecule has 79 heavy (non-hydrogen) atoms. The van der Waals surface area contributed by atoms with Crippen LogP contribution in [-0.4, -0.2) is 23.7 Å². The standard InChI is InChI=1S/C72H43N7/c1-73-63-41-51(62-45-61(48-17-5-3-6-18-48)75-72(76-62)50-19-7-4-8-20-50)42-64(74-2)71(63)49-31-29-46(30-32-49)47-33-35-52(36-34-47)77-69-39-37-53(78-65-25-13-9-21-55(65)56-22-10-14-26-66(56)78)43-59(69)60-44-54(38-40-70(60)77)79-67-27-15-11-23-57(67)58-24-12-16-28-68(58)79/h3-45H. The Bertz CT molecular complexity index is 4640. The Kier molecular flexibility index (Phi) is 10.5. The summed E-state index contributed by atoms with van der Waals surface area (Å²) in [4.78, 5) is 17.9. The quantitative estimate of drug-likeness (QED) is 0.142. The topological polar surface area (TPSA) is 49.3 Å². The molecule has 0 saturated carbocycles. The van der Waals surface area contributed by atoms with Crippen LogP contribution < -0.4 is 0 Å². The largest absolute Gasteiger partial charge is 0.309 e. The van der Waals surface area contributed by atoms with E-state index in [4.69, 9.17) is 23.1 Å². The SMILES string of the molecule is [C-]#[N+]c1cc(-c2cc(-c3ccccc3)nc(-c3ccccc3)n2)cc([N+]#[C-])c1-c1ccc(-c2ccc(-n3c4ccc(-n5c6ccccc6c6ccccc65)cc4c4cc(-n5c6ccccc6c6ccccc65)ccc43)cc2)cc1. The molecule has 0 unspecified atom stereocenters. The van der Waals surface area contributed by atoms with Gasteiger partial charge in [-0.2, -0.15) is 0 Å². The Morgan fingerprint density at radius 3 is 1.08 bits per heavy atom. The van der Waals surface area contributed by atoms with E-state index in [0.29, 0.717) is 34.0 Å². The first-order valence-corrected chi connectivity index (χ1v) is 26.3. The Hall–Kier alpha value is -11.1. The summed E-state index contributed by atoms with van der Waals surface area (Å²) in [5.74, 6) is 0.573. The molecule has 7 heteroatoms. The highest BCUT2D eigenvalue weighted by Crippen LogP contribution is 2.45. The number of aromatic nitrogens is 5. The van der Waals surface area contributed by atoms with E-state index >= 15 is 0 Å². The molecule has 0 bridgehead atoms. The fraction of sp³-hybridized carbons (Fsp3) is 0. The van der Waals surface area contributed by atoms with Crippen LogP contribution >= 0.6 is 0 Å². The molecule has 0 fully saturated rings. The average molecular weight is 1010 g/mol. The molecule has 0 spiro atoms. The maximum atomic E-state index is 8.36. The minimum absolute atomic E-state index is 0.386. The fourth-order valence-corrected chi connectivity index (χ4v) is 11.9. The number of rotatable bonds is 8. The molecule has 7 nitrogen and oxygen atoms in total. The van der Waals surface area contributed by atoms with Crippen LogP contribution in [0.15, 0.2) is 261 Å². The van der Waals surface area contributed by atoms with Crippen LogP contribution in [0.25, 0.3) is 148 Å². The predicted molar refractivity (Wildman–Crippen MR) is 325 cm³/mol. The van der Waals surface area contributed by atoms with Crippen molar-refractivity contribution in [1.82, 2.24) is 23.7 Å². The van der Waals surface area contributed by atoms with Crippen molar-refractivity contribution < 1.29 is 0 Å². The molecule has 4 aromatic heterocycles. The van der Waals surface area contributed by atoms with E-state index in [1.54, 1.807) is 0 Å². The number of nitrogens with zero attached hydrogens (tertiary/aromatic N) is 7. The Morgan fingerprint density at radius 2 is 0.620 bits per heavy atom. The molecule has 0 radical (unpaired) electrons. The lowest BCUT2D eigenvalue weighted by Crippen LogP contribution is -1.96. The molecule has 0 amide bonds. The molecular weight excluding hydrogens is 963 g/mol. The van der Waals surface area contributed by atoms with E-state index in [2.05, 4.69) is 193 Å². The van der Waals surface area contributed by atoms with Gasteiger partial charge in [0.2, 0.25) is 0 Å². The van der Waals surface area contributed by atoms with Gasteiger partial charge in [0.1, 0.15) is 0 Å². The van der Waals surface area contributed by atoms with Crippen LogP contribution in [0.1, 0.15) is 0 Å². The lowest BCUT2D eigenvalue weighted by atomic mass is 9.95. The average Bonchev–Trinajstić information content (AvgIpc) is 4.35. The number of benzene rings is 11. The van der Waals surface area contributed by atoms with Gasteiger partial charge in [0.15, 0.2) is 17.2 Å². The second kappa shape index (κ2) is 18.3. The highest BCUT2D eigenvalue weighted by atomic mass is 15.0. The minimum atomic E-state index is 0.386. The van der Waals surface area contributed by atoms with Crippen molar-refractivity contribution in [3.63, 3.8) is 0 Å². The normalized spacial score (nSPS) is 11.5. The second-order valence-electron chi connectivity index (χ2n) is 19.9. The lowest BCUT2D eigenvalue weighted by Gasteiger charge is -2.14. The second-order valence-corrected chi connectivity index (χ2v) is 19.9. The first-order chi connectivity index (χ1) is 39.1. The number of hydrogen-bond acceptors (Lipinski definition) is 2. The Labute approximate surface area is 455 Å². The van der Waals surface area contributed by atoms with Gasteiger partial charge in [-0.05, 0) is 119 Å². The van der Waals surface area contributed by atoms with Gasteiger partial charge in [-0.1, -0.05) is 170 Å². The Morgan fingerprint density at radius 1 is 0.266 bits per heavy atom. The third kappa shape index (κ3) is 7.41. The predicted octanol–water partition coefficient (Wildman–Crippen LogP) is 19.2. The van der Waals surface area contributed by atoms with Crippen LogP contribution in [-0.2, 0) is 0 Å². The van der Waals surface area contributed by atoms with Gasteiger partial charge in [0.25, 0.3) is 0 Å². The molecule has 15 aromatic rings. The summed E-state index contributed by atoms with van der Waals surface area (Å²) in [5.41, 5.74) is 18.3. The van der Waals surface area contributed by atoms with Gasteiger partial charge in [0, 0.05) is 60.5 Å². The zero-order valence-corrected chi connectivity index (χ0v) is 42.5. The summed E-state index contributed by atoms with van der Waals surface area (Å²) < 4.78 is 7.18. The summed E-state index contributed by atoms with van der Waals surface area (Å²) in [6.45, 7) is 16.7. The molecule has 4 heterocycles. The number of para-hydroxylation sites is 4. The smallest absolute Gasteiger partial charge is 0.185 e. The van der Waals surface area contributed by atoms with Crippen LogP contribution in [0, 0.1) is 13.1 Å². The third-order valence-electron chi connectivity index (χ3n) is 15.5. The summed E-state index contributed by atoms with van der Waals surface area (Å²) in [6, 6.07) is 91.0. The van der Waals surface area contributed by atoms with Crippen molar-refractivity contribution >= 4 is 76.8 Å². The zero-order chi connectivity index (χ0) is 52.6. The van der Waals surface area contributed by atoms with Crippen molar-refractivity contribution in [2.24, 2.45) is 0 Å². The molecule has 0 N–H and O–H groups in total. The Balaban J connectivity index is 0.815. The molecule has 366 valence electrons. The van der Waals surface area contributed by atoms with Crippen molar-refractivity contribution in [2.45, 2.75) is 0 Å². The highest BCUT2D eigenvalue weighted by molar-refractivity contribution is 6.14. The van der Waals surface area contributed by atoms with Gasteiger partial charge in [-0.3, -0.25) is 0 Å². The van der Waals surface area contributed by atoms with Crippen molar-refractivity contribution in [3.8, 4) is 73.2 Å². The summed E-state index contributed by atoms with van der Waals surface area (Å²) in [5, 5.41) is 7.25. The summed E-state index contributed by atoms with van der Waals surface area (Å²) in [6.07, 6.45) is 0. The van der Waals surface area contributed by atoms with Gasteiger partial charge in [0.05, 0.1) is 57.6 Å². The third-order valence-corrected chi connectivity index (χ3v) is 15.5. The van der Waals surface area contributed by atoms with E-state index in [0.717, 1.165) is 72.4 Å². The van der Waals surface area contributed by atoms with E-state index < -0.39 is 0 Å². The molecule has 0 atom stereocenters. The lowest BCUT2D eigenvalue weighted by molar-refractivity contribution is 1.16. The molecule has 0 aliphatic heterocycles. The van der Waals surface area contributed by atoms with Crippen LogP contribution in [0.4, 0.5) is 11.4 Å². The van der Waals surface area contributed by atoms with Gasteiger partial charge < -0.3 is 13.7 Å². The molecular formula is C72H43N7. The van der Waals surface area contributed by atoms with E-state index in [1.165, 1.54) is 43.6 Å². The fourth-order valence-electron chi connectivity index (χ4n) is 11.9. The maximum Gasteiger partial charge on any atom is 0.185 e. The molecule has 11 aromatic carbocycles. The van der Waals surface area contributed by atoms with Crippen LogP contribution in [0.2, 0.25) is 0 Å². The minimum Gasteiger partial charge on any atom is -0.309 e. The van der Waals surface area contributed by atoms with Crippen LogP contribution in [0.5, 0.6) is 0 Å². The maximum absolute atomic E-state index is 8.36. The molecule has 0 saturated heterocycles. The van der Waals surface area contributed by atoms with Crippen molar-refractivity contribution in [3.05, 3.63) is 284 Å². The van der Waals surface area contributed by atoms with E-state index in [1.807, 2.05) is 91.0 Å². The van der Waals surface area contributed by atoms with E-state index in [9.17, 15) is 0 Å². The molecule has 0 aliphatic carbocycles. The van der Waals surface area contributed by atoms with E-state index in [-0.39, 0.29) is 0 Å². The van der Waals surface area contributed by atoms with Gasteiger partial charge in [-0.25, -0.2) is 19.7 Å². The van der Waals surface area contributed by atoms with Gasteiger partial charge >= 0.3 is 0 Å². The molecule has 0 aliphatic rings. The first kappa shape index (κ1) is 45.3. The number of hydrogen-bond donors (Lipinski definition) is 0. The number of fused-ring (bicyclic) bond motifs is 9. The molecule has 15 rings (SSSR count). The van der Waals surface area contributed by atoms with Crippen molar-refractivity contribution in [1.29, 1.82) is 0 Å². The van der Waals surface area contributed by atoms with Crippen molar-refractivity contribution in [2.75, 3.05) is 0 Å².